The second kappa shape index (κ2) is 5.99. The zero-order valence-corrected chi connectivity index (χ0v) is 12.3. The highest BCUT2D eigenvalue weighted by Crippen LogP contribution is 2.21. The summed E-state index contributed by atoms with van der Waals surface area (Å²) in [6.45, 7) is 5.63. The summed E-state index contributed by atoms with van der Waals surface area (Å²) in [4.78, 5) is 23.4. The summed E-state index contributed by atoms with van der Waals surface area (Å²) >= 11 is 0. The minimum absolute atomic E-state index is 0.130. The minimum Gasteiger partial charge on any atom is -0.480 e. The van der Waals surface area contributed by atoms with Gasteiger partial charge in [-0.2, -0.15) is 0 Å². The first-order valence-electron chi connectivity index (χ1n) is 6.96. The molecule has 1 unspecified atom stereocenters. The molecule has 5 heteroatoms. The summed E-state index contributed by atoms with van der Waals surface area (Å²) < 4.78 is 5.47. The van der Waals surface area contributed by atoms with Crippen molar-refractivity contribution in [2.24, 2.45) is 5.92 Å². The number of carboxylic acids is 1. The van der Waals surface area contributed by atoms with Gasteiger partial charge in [0.1, 0.15) is 11.6 Å². The van der Waals surface area contributed by atoms with Crippen molar-refractivity contribution in [3.63, 3.8) is 0 Å². The number of carbonyl (C=O) groups excluding carboxylic acids is 1. The highest BCUT2D eigenvalue weighted by molar-refractivity contribution is 5.98. The number of carboxylic acid groups (broad SMARTS) is 1. The quantitative estimate of drug-likeness (QED) is 0.886. The number of carbonyl (C=O) groups is 2. The van der Waals surface area contributed by atoms with Gasteiger partial charge in [0.25, 0.3) is 5.91 Å². The van der Waals surface area contributed by atoms with Gasteiger partial charge in [0.15, 0.2) is 5.76 Å². The lowest BCUT2D eigenvalue weighted by atomic mass is 9.99. The molecule has 0 bridgehead atoms. The van der Waals surface area contributed by atoms with Crippen LogP contribution in [0.4, 0.5) is 0 Å². The lowest BCUT2D eigenvalue weighted by molar-refractivity contribution is -0.140. The van der Waals surface area contributed by atoms with Gasteiger partial charge in [0, 0.05) is 5.39 Å². The molecular weight excluding hydrogens is 270 g/mol. The van der Waals surface area contributed by atoms with Crippen LogP contribution in [0.5, 0.6) is 0 Å². The number of amides is 1. The van der Waals surface area contributed by atoms with Crippen LogP contribution in [-0.4, -0.2) is 23.0 Å². The third kappa shape index (κ3) is 3.24. The van der Waals surface area contributed by atoms with E-state index in [2.05, 4.69) is 5.32 Å². The molecule has 0 spiro atoms. The van der Waals surface area contributed by atoms with Crippen LogP contribution in [0.15, 0.2) is 28.7 Å². The molecule has 2 rings (SSSR count). The number of rotatable bonds is 5. The van der Waals surface area contributed by atoms with Crippen LogP contribution in [0, 0.1) is 12.8 Å². The van der Waals surface area contributed by atoms with Crippen LogP contribution in [0.25, 0.3) is 11.0 Å². The number of hydrogen-bond acceptors (Lipinski definition) is 3. The summed E-state index contributed by atoms with van der Waals surface area (Å²) in [5, 5.41) is 12.6. The van der Waals surface area contributed by atoms with Crippen LogP contribution in [0.3, 0.4) is 0 Å². The Labute approximate surface area is 122 Å². The van der Waals surface area contributed by atoms with Gasteiger partial charge in [-0.15, -0.1) is 0 Å². The number of fused-ring (bicyclic) bond motifs is 1. The fourth-order valence-corrected chi connectivity index (χ4v) is 2.17. The van der Waals surface area contributed by atoms with E-state index >= 15 is 0 Å². The summed E-state index contributed by atoms with van der Waals surface area (Å²) in [6.07, 6.45) is 0.663. The van der Waals surface area contributed by atoms with Crippen molar-refractivity contribution in [3.8, 4) is 0 Å². The van der Waals surface area contributed by atoms with E-state index in [1.807, 2.05) is 26.0 Å². The molecule has 0 fully saturated rings. The lowest BCUT2D eigenvalue weighted by Crippen LogP contribution is -2.44. The smallest absolute Gasteiger partial charge is 0.326 e. The molecule has 1 heterocycles. The highest BCUT2D eigenvalue weighted by atomic mass is 16.4. The maximum atomic E-state index is 12.2. The minimum atomic E-state index is -1.04. The Kier molecular flexibility index (Phi) is 4.31. The number of benzene rings is 1. The van der Waals surface area contributed by atoms with Crippen molar-refractivity contribution in [1.29, 1.82) is 0 Å². The van der Waals surface area contributed by atoms with Gasteiger partial charge in [-0.25, -0.2) is 4.79 Å². The predicted octanol–water partition coefficient (Wildman–Crippen LogP) is 2.97. The number of nitrogens with one attached hydrogen (secondary N) is 1. The monoisotopic (exact) mass is 289 g/mol. The second-order valence-corrected chi connectivity index (χ2v) is 5.33. The van der Waals surface area contributed by atoms with E-state index in [9.17, 15) is 14.7 Å². The van der Waals surface area contributed by atoms with E-state index in [1.165, 1.54) is 0 Å². The van der Waals surface area contributed by atoms with E-state index < -0.39 is 17.9 Å². The molecule has 0 aliphatic carbocycles. The Bertz CT molecular complexity index is 674. The van der Waals surface area contributed by atoms with Gasteiger partial charge < -0.3 is 14.8 Å². The van der Waals surface area contributed by atoms with Gasteiger partial charge in [-0.3, -0.25) is 4.79 Å². The first-order chi connectivity index (χ1) is 9.92. The van der Waals surface area contributed by atoms with Crippen molar-refractivity contribution in [3.05, 3.63) is 35.6 Å². The van der Waals surface area contributed by atoms with Crippen molar-refractivity contribution >= 4 is 22.8 Å². The van der Waals surface area contributed by atoms with Crippen molar-refractivity contribution in [1.82, 2.24) is 5.32 Å². The number of aliphatic carboxylic acids is 1. The van der Waals surface area contributed by atoms with Gasteiger partial charge in [-0.1, -0.05) is 31.9 Å². The summed E-state index contributed by atoms with van der Waals surface area (Å²) in [5.41, 5.74) is 1.68. The highest BCUT2D eigenvalue weighted by Gasteiger charge is 2.26. The third-order valence-electron chi connectivity index (χ3n) is 3.66. The van der Waals surface area contributed by atoms with Crippen LogP contribution in [0.1, 0.15) is 36.4 Å². The molecule has 112 valence electrons. The average molecular weight is 289 g/mol. The fourth-order valence-electron chi connectivity index (χ4n) is 2.17. The first kappa shape index (κ1) is 15.1. The molecule has 2 aromatic rings. The predicted molar refractivity (Wildman–Crippen MR) is 79.3 cm³/mol. The van der Waals surface area contributed by atoms with Crippen LogP contribution in [-0.2, 0) is 4.79 Å². The molecular formula is C16H19NO4. The van der Waals surface area contributed by atoms with Gasteiger partial charge in [0.05, 0.1) is 0 Å². The van der Waals surface area contributed by atoms with Gasteiger partial charge in [0.2, 0.25) is 0 Å². The Morgan fingerprint density at radius 1 is 1.33 bits per heavy atom. The van der Waals surface area contributed by atoms with Crippen molar-refractivity contribution in [2.45, 2.75) is 33.2 Å². The summed E-state index contributed by atoms with van der Waals surface area (Å²) in [7, 11) is 0. The third-order valence-corrected chi connectivity index (χ3v) is 3.66. The molecule has 1 aromatic heterocycles. The normalized spacial score (nSPS) is 13.9. The Morgan fingerprint density at radius 2 is 2.05 bits per heavy atom. The number of furan rings is 1. The number of hydrogen-bond donors (Lipinski definition) is 2. The van der Waals surface area contributed by atoms with E-state index in [4.69, 9.17) is 4.42 Å². The Morgan fingerprint density at radius 3 is 2.67 bits per heavy atom. The van der Waals surface area contributed by atoms with E-state index in [1.54, 1.807) is 19.1 Å². The standard InChI is InChI=1S/C16H19NO4/c1-4-10(3)14(16(19)20)17-15(18)13-8-11-7-9(2)5-6-12(11)21-13/h5-8,10,14H,4H2,1-3H3,(H,17,18)(H,19,20)/t10?,14-/m0/s1. The molecule has 2 N–H and O–H groups in total. The summed E-state index contributed by atoms with van der Waals surface area (Å²) in [5.74, 6) is -1.57. The van der Waals surface area contributed by atoms with E-state index in [-0.39, 0.29) is 11.7 Å². The van der Waals surface area contributed by atoms with Crippen LogP contribution < -0.4 is 5.32 Å². The Hall–Kier alpha value is -2.30. The molecule has 1 amide bonds. The maximum absolute atomic E-state index is 12.2. The molecule has 0 saturated heterocycles. The van der Waals surface area contributed by atoms with E-state index in [0.717, 1.165) is 10.9 Å². The molecule has 21 heavy (non-hydrogen) atoms. The molecule has 1 aromatic carbocycles. The SMILES string of the molecule is CCC(C)[C@H](NC(=O)c1cc2cc(C)ccc2o1)C(=O)O. The van der Waals surface area contributed by atoms with Crippen molar-refractivity contribution in [2.75, 3.05) is 0 Å². The first-order valence-corrected chi connectivity index (χ1v) is 6.96. The van der Waals surface area contributed by atoms with Gasteiger partial charge >= 0.3 is 5.97 Å². The second-order valence-electron chi connectivity index (χ2n) is 5.33. The van der Waals surface area contributed by atoms with Gasteiger partial charge in [-0.05, 0) is 31.0 Å². The lowest BCUT2D eigenvalue weighted by Gasteiger charge is -2.19. The van der Waals surface area contributed by atoms with Crippen LogP contribution in [0.2, 0.25) is 0 Å². The molecule has 0 aliphatic heterocycles. The zero-order chi connectivity index (χ0) is 15.6. The van der Waals surface area contributed by atoms with Crippen LogP contribution >= 0.6 is 0 Å². The summed E-state index contributed by atoms with van der Waals surface area (Å²) in [6, 6.07) is 6.32. The largest absolute Gasteiger partial charge is 0.480 e. The van der Waals surface area contributed by atoms with Crippen molar-refractivity contribution < 1.29 is 19.1 Å². The van der Waals surface area contributed by atoms with E-state index in [0.29, 0.717) is 12.0 Å². The average Bonchev–Trinajstić information content (AvgIpc) is 2.86. The Balaban J connectivity index is 2.23. The molecule has 2 atom stereocenters. The fraction of sp³-hybridized carbons (Fsp3) is 0.375. The molecule has 0 radical (unpaired) electrons. The molecule has 0 aliphatic rings. The maximum Gasteiger partial charge on any atom is 0.326 e. The molecule has 0 saturated carbocycles. The number of aryl methyl sites for hydroxylation is 1. The molecule has 5 nitrogen and oxygen atoms in total. The topological polar surface area (TPSA) is 79.5 Å². The zero-order valence-electron chi connectivity index (χ0n) is 12.3.